The molecule has 1 unspecified atom stereocenters. The van der Waals surface area contributed by atoms with Crippen molar-refractivity contribution in [1.82, 2.24) is 0 Å². The Labute approximate surface area is 68.0 Å². The minimum atomic E-state index is -1.99. The topological polar surface area (TPSA) is 90.2 Å². The van der Waals surface area contributed by atoms with Crippen molar-refractivity contribution in [3.63, 3.8) is 0 Å². The van der Waals surface area contributed by atoms with E-state index in [4.69, 9.17) is 20.4 Å². The van der Waals surface area contributed by atoms with Crippen molar-refractivity contribution in [3.8, 4) is 0 Å². The quantitative estimate of drug-likeness (QED) is 0.368. The van der Waals surface area contributed by atoms with Gasteiger partial charge in [-0.1, -0.05) is 0 Å². The van der Waals surface area contributed by atoms with Crippen molar-refractivity contribution in [3.05, 3.63) is 0 Å². The summed E-state index contributed by atoms with van der Waals surface area (Å²) in [5, 5.41) is 35.2. The summed E-state index contributed by atoms with van der Waals surface area (Å²) in [4.78, 5) is 0. The van der Waals surface area contributed by atoms with Gasteiger partial charge in [0, 0.05) is 0 Å². The van der Waals surface area contributed by atoms with E-state index in [1.807, 2.05) is 0 Å². The van der Waals surface area contributed by atoms with E-state index < -0.39 is 37.4 Å². The normalized spacial score (nSPS) is 49.2. The second kappa shape index (κ2) is 3.63. The van der Waals surface area contributed by atoms with Gasteiger partial charge in [0.05, 0.1) is 6.61 Å². The van der Waals surface area contributed by atoms with Gasteiger partial charge in [0.15, 0.2) is 12.5 Å². The Morgan fingerprint density at radius 3 is 2.25 bits per heavy atom. The van der Waals surface area contributed by atoms with E-state index in [1.165, 1.54) is 0 Å². The summed E-state index contributed by atoms with van der Waals surface area (Å²) in [6.45, 7) is -0.606. The monoisotopic (exact) mass is 182 g/mol. The van der Waals surface area contributed by atoms with Gasteiger partial charge in [0.25, 0.3) is 0 Å². The molecule has 6 heteroatoms. The third-order valence-electron chi connectivity index (χ3n) is 1.82. The fraction of sp³-hybridized carbons (Fsp3) is 1.00. The van der Waals surface area contributed by atoms with Crippen LogP contribution < -0.4 is 0 Å². The number of halogens is 1. The van der Waals surface area contributed by atoms with Crippen LogP contribution in [0.25, 0.3) is 0 Å². The number of ether oxygens (including phenoxy) is 1. The Balaban J connectivity index is 2.63. The van der Waals surface area contributed by atoms with Gasteiger partial charge < -0.3 is 25.2 Å². The molecule has 0 bridgehead atoms. The number of alkyl halides is 1. The maximum Gasteiger partial charge on any atom is 0.184 e. The average molecular weight is 182 g/mol. The first-order chi connectivity index (χ1) is 5.57. The summed E-state index contributed by atoms with van der Waals surface area (Å²) in [5.74, 6) is 0. The van der Waals surface area contributed by atoms with Gasteiger partial charge in [-0.05, 0) is 0 Å². The summed E-state index contributed by atoms with van der Waals surface area (Å²) in [6, 6.07) is 0. The van der Waals surface area contributed by atoms with Crippen LogP contribution >= 0.6 is 0 Å². The average Bonchev–Trinajstić information content (AvgIpc) is 2.08. The van der Waals surface area contributed by atoms with Gasteiger partial charge in [-0.25, -0.2) is 4.39 Å². The molecular weight excluding hydrogens is 171 g/mol. The van der Waals surface area contributed by atoms with E-state index in [2.05, 4.69) is 4.74 Å². The van der Waals surface area contributed by atoms with Crippen LogP contribution in [0.3, 0.4) is 0 Å². The van der Waals surface area contributed by atoms with Crippen LogP contribution in [0.15, 0.2) is 0 Å². The molecule has 0 aliphatic carbocycles. The zero-order valence-electron chi connectivity index (χ0n) is 6.17. The lowest BCUT2D eigenvalue weighted by atomic mass is 10.0. The molecule has 4 N–H and O–H groups in total. The molecule has 5 atom stereocenters. The predicted molar refractivity (Wildman–Crippen MR) is 34.9 cm³/mol. The van der Waals surface area contributed by atoms with E-state index in [0.717, 1.165) is 0 Å². The van der Waals surface area contributed by atoms with Gasteiger partial charge in [0.2, 0.25) is 0 Å². The van der Waals surface area contributed by atoms with Crippen LogP contribution in [0.1, 0.15) is 0 Å². The molecule has 0 aromatic rings. The molecule has 1 rings (SSSR count). The largest absolute Gasteiger partial charge is 0.394 e. The molecule has 0 saturated carbocycles. The summed E-state index contributed by atoms with van der Waals surface area (Å²) in [5.41, 5.74) is 0. The Hall–Kier alpha value is -0.270. The summed E-state index contributed by atoms with van der Waals surface area (Å²) in [7, 11) is 0. The maximum atomic E-state index is 12.8. The molecule has 5 nitrogen and oxygen atoms in total. The van der Waals surface area contributed by atoms with Crippen molar-refractivity contribution >= 4 is 0 Å². The predicted octanol–water partition coefficient (Wildman–Crippen LogP) is -2.24. The number of hydrogen-bond acceptors (Lipinski definition) is 5. The molecule has 1 aliphatic rings. The minimum Gasteiger partial charge on any atom is -0.394 e. The fourth-order valence-corrected chi connectivity index (χ4v) is 1.06. The lowest BCUT2D eigenvalue weighted by Gasteiger charge is -2.36. The second-order valence-electron chi connectivity index (χ2n) is 2.67. The molecule has 1 heterocycles. The number of aliphatic hydroxyl groups is 4. The first kappa shape index (κ1) is 9.82. The smallest absolute Gasteiger partial charge is 0.184 e. The van der Waals surface area contributed by atoms with Crippen molar-refractivity contribution in [1.29, 1.82) is 0 Å². The maximum absolute atomic E-state index is 12.8. The molecule has 1 fully saturated rings. The van der Waals surface area contributed by atoms with Crippen LogP contribution in [0.4, 0.5) is 4.39 Å². The number of hydrogen-bond donors (Lipinski definition) is 4. The molecular formula is C6H11FO5. The fourth-order valence-electron chi connectivity index (χ4n) is 1.06. The van der Waals surface area contributed by atoms with E-state index in [9.17, 15) is 4.39 Å². The molecule has 0 spiro atoms. The highest BCUT2D eigenvalue weighted by molar-refractivity contribution is 4.88. The van der Waals surface area contributed by atoms with E-state index in [-0.39, 0.29) is 0 Å². The van der Waals surface area contributed by atoms with Gasteiger partial charge in [-0.15, -0.1) is 0 Å². The lowest BCUT2D eigenvalue weighted by Crippen LogP contribution is -2.56. The van der Waals surface area contributed by atoms with Crippen LogP contribution in [0.5, 0.6) is 0 Å². The molecule has 12 heavy (non-hydrogen) atoms. The molecule has 1 saturated heterocycles. The van der Waals surface area contributed by atoms with Crippen LogP contribution in [-0.4, -0.2) is 57.8 Å². The van der Waals surface area contributed by atoms with E-state index in [0.29, 0.717) is 0 Å². The molecule has 0 aromatic heterocycles. The minimum absolute atomic E-state index is 0.606. The van der Waals surface area contributed by atoms with Crippen molar-refractivity contribution < 1.29 is 29.6 Å². The Morgan fingerprint density at radius 2 is 1.75 bits per heavy atom. The molecule has 1 aliphatic heterocycles. The second-order valence-corrected chi connectivity index (χ2v) is 2.67. The zero-order chi connectivity index (χ0) is 9.30. The van der Waals surface area contributed by atoms with Gasteiger partial charge in [0.1, 0.15) is 18.3 Å². The molecule has 0 radical (unpaired) electrons. The number of aliphatic hydroxyl groups excluding tert-OH is 4. The summed E-state index contributed by atoms with van der Waals surface area (Å²) < 4.78 is 17.3. The van der Waals surface area contributed by atoms with Gasteiger partial charge in [-0.3, -0.25) is 0 Å². The van der Waals surface area contributed by atoms with Crippen molar-refractivity contribution in [2.75, 3.05) is 6.61 Å². The standard InChI is InChI=1S/C6H11FO5/c7-3-4(9)2(1-8)12-6(11)5(3)10/h2-6,8-11H,1H2/t2-,3-,4+,5+,6?/m0/s1. The van der Waals surface area contributed by atoms with Crippen molar-refractivity contribution in [2.24, 2.45) is 0 Å². The van der Waals surface area contributed by atoms with E-state index >= 15 is 0 Å². The third kappa shape index (κ3) is 1.57. The number of rotatable bonds is 1. The first-order valence-electron chi connectivity index (χ1n) is 3.52. The van der Waals surface area contributed by atoms with E-state index in [1.54, 1.807) is 0 Å². The van der Waals surface area contributed by atoms with Gasteiger partial charge >= 0.3 is 0 Å². The summed E-state index contributed by atoms with van der Waals surface area (Å²) >= 11 is 0. The van der Waals surface area contributed by atoms with Gasteiger partial charge in [-0.2, -0.15) is 0 Å². The summed E-state index contributed by atoms with van der Waals surface area (Å²) in [6.07, 6.45) is -8.24. The third-order valence-corrected chi connectivity index (χ3v) is 1.82. The SMILES string of the molecule is OC[C@@H]1OC(O)[C@H](O)[C@@H](F)[C@@H]1O. The molecule has 0 aromatic carbocycles. The first-order valence-corrected chi connectivity index (χ1v) is 3.52. The Morgan fingerprint density at radius 1 is 1.17 bits per heavy atom. The molecule has 0 amide bonds. The highest BCUT2D eigenvalue weighted by atomic mass is 19.1. The van der Waals surface area contributed by atoms with Crippen LogP contribution in [0, 0.1) is 0 Å². The van der Waals surface area contributed by atoms with Crippen LogP contribution in [0.2, 0.25) is 0 Å². The molecule has 72 valence electrons. The van der Waals surface area contributed by atoms with Crippen LogP contribution in [-0.2, 0) is 4.74 Å². The lowest BCUT2D eigenvalue weighted by molar-refractivity contribution is -0.274. The van der Waals surface area contributed by atoms with Crippen molar-refractivity contribution in [2.45, 2.75) is 30.8 Å². The highest BCUT2D eigenvalue weighted by Gasteiger charge is 2.43. The highest BCUT2D eigenvalue weighted by Crippen LogP contribution is 2.21. The zero-order valence-corrected chi connectivity index (χ0v) is 6.17. The Kier molecular flexibility index (Phi) is 2.97. The Bertz CT molecular complexity index is 150.